The Kier molecular flexibility index (Phi) is 7.48. The Bertz CT molecular complexity index is 745. The summed E-state index contributed by atoms with van der Waals surface area (Å²) in [6.07, 6.45) is 8.95. The van der Waals surface area contributed by atoms with Gasteiger partial charge in [0.1, 0.15) is 5.75 Å². The Balaban J connectivity index is 1.38. The van der Waals surface area contributed by atoms with E-state index < -0.39 is 0 Å². The maximum atomic E-state index is 12.4. The monoisotopic (exact) mass is 384 g/mol. The van der Waals surface area contributed by atoms with E-state index in [0.29, 0.717) is 12.3 Å². The van der Waals surface area contributed by atoms with E-state index in [1.165, 1.54) is 19.4 Å². The van der Waals surface area contributed by atoms with Crippen LogP contribution in [0, 0.1) is 12.8 Å². The molecule has 0 radical (unpaired) electrons. The van der Waals surface area contributed by atoms with Crippen LogP contribution in [-0.4, -0.2) is 47.3 Å². The molecule has 1 fully saturated rings. The van der Waals surface area contributed by atoms with Crippen molar-refractivity contribution in [2.75, 3.05) is 32.1 Å². The maximum absolute atomic E-state index is 12.4. The summed E-state index contributed by atoms with van der Waals surface area (Å²) in [6, 6.07) is 7.70. The Morgan fingerprint density at radius 3 is 3.00 bits per heavy atom. The molecule has 2 heterocycles. The van der Waals surface area contributed by atoms with E-state index in [2.05, 4.69) is 15.3 Å². The van der Waals surface area contributed by atoms with Crippen molar-refractivity contribution in [1.82, 2.24) is 14.7 Å². The number of likely N-dealkylation sites (tertiary alicyclic amines) is 1. The molecule has 0 bridgehead atoms. The number of hydrogen-bond donors (Lipinski definition) is 1. The number of aryl methyl sites for hydroxylation is 2. The summed E-state index contributed by atoms with van der Waals surface area (Å²) in [5.41, 5.74) is 1.89. The van der Waals surface area contributed by atoms with E-state index >= 15 is 0 Å². The molecule has 1 amide bonds. The summed E-state index contributed by atoms with van der Waals surface area (Å²) in [5, 5.41) is 7.30. The molecule has 0 aliphatic carbocycles. The molecule has 1 aliphatic rings. The standard InChI is InChI=1S/C22H32N4O2/c1-18-16-20(28-2)8-9-21(18)24-22(27)10-7-19-6-3-12-25(17-19)13-5-15-26-14-4-11-23-26/h4,8-9,11,14,16,19H,3,5-7,10,12-13,15,17H2,1-2H3,(H,24,27)/t19-/m0/s1. The molecule has 1 saturated heterocycles. The highest BCUT2D eigenvalue weighted by Crippen LogP contribution is 2.23. The zero-order valence-electron chi connectivity index (χ0n) is 17.1. The number of methoxy groups -OCH3 is 1. The average molecular weight is 385 g/mol. The van der Waals surface area contributed by atoms with Gasteiger partial charge in [-0.25, -0.2) is 0 Å². The molecular weight excluding hydrogens is 352 g/mol. The fraction of sp³-hybridized carbons (Fsp3) is 0.545. The first-order chi connectivity index (χ1) is 13.6. The van der Waals surface area contributed by atoms with Gasteiger partial charge in [-0.1, -0.05) is 0 Å². The Hall–Kier alpha value is -2.34. The minimum absolute atomic E-state index is 0.101. The summed E-state index contributed by atoms with van der Waals surface area (Å²) in [5.74, 6) is 1.52. The first-order valence-corrected chi connectivity index (χ1v) is 10.3. The molecule has 152 valence electrons. The highest BCUT2D eigenvalue weighted by atomic mass is 16.5. The summed E-state index contributed by atoms with van der Waals surface area (Å²) in [6.45, 7) is 6.34. The molecule has 6 heteroatoms. The molecule has 2 aromatic rings. The van der Waals surface area contributed by atoms with Crippen molar-refractivity contribution in [3.63, 3.8) is 0 Å². The van der Waals surface area contributed by atoms with E-state index in [0.717, 1.165) is 49.5 Å². The maximum Gasteiger partial charge on any atom is 0.224 e. The Morgan fingerprint density at radius 2 is 2.25 bits per heavy atom. The number of carbonyl (C=O) groups excluding carboxylic acids is 1. The minimum atomic E-state index is 0.101. The molecule has 28 heavy (non-hydrogen) atoms. The molecule has 0 spiro atoms. The highest BCUT2D eigenvalue weighted by molar-refractivity contribution is 5.91. The van der Waals surface area contributed by atoms with Gasteiger partial charge in [-0.2, -0.15) is 5.10 Å². The smallest absolute Gasteiger partial charge is 0.224 e. The predicted octanol–water partition coefficient (Wildman–Crippen LogP) is 3.72. The lowest BCUT2D eigenvalue weighted by atomic mass is 9.93. The molecule has 6 nitrogen and oxygen atoms in total. The molecule has 1 N–H and O–H groups in total. The van der Waals surface area contributed by atoms with Crippen molar-refractivity contribution >= 4 is 11.6 Å². The second-order valence-corrected chi connectivity index (χ2v) is 7.70. The van der Waals surface area contributed by atoms with Crippen LogP contribution in [0.4, 0.5) is 5.69 Å². The number of hydrogen-bond acceptors (Lipinski definition) is 4. The van der Waals surface area contributed by atoms with Crippen molar-refractivity contribution in [3.8, 4) is 5.75 Å². The predicted molar refractivity (Wildman–Crippen MR) is 112 cm³/mol. The van der Waals surface area contributed by atoms with Gasteiger partial charge >= 0.3 is 0 Å². The van der Waals surface area contributed by atoms with Crippen molar-refractivity contribution < 1.29 is 9.53 Å². The number of nitrogens with zero attached hydrogens (tertiary/aromatic N) is 3. The molecule has 3 rings (SSSR count). The van der Waals surface area contributed by atoms with Crippen LogP contribution in [-0.2, 0) is 11.3 Å². The van der Waals surface area contributed by atoms with Crippen LogP contribution in [0.3, 0.4) is 0 Å². The van der Waals surface area contributed by atoms with Gasteiger partial charge in [0, 0.05) is 37.6 Å². The Morgan fingerprint density at radius 1 is 1.36 bits per heavy atom. The van der Waals surface area contributed by atoms with E-state index in [4.69, 9.17) is 4.74 Å². The number of nitrogens with one attached hydrogen (secondary N) is 1. The number of benzene rings is 1. The van der Waals surface area contributed by atoms with Crippen molar-refractivity contribution in [1.29, 1.82) is 0 Å². The van der Waals surface area contributed by atoms with Gasteiger partial charge in [0.2, 0.25) is 5.91 Å². The number of aromatic nitrogens is 2. The van der Waals surface area contributed by atoms with Crippen LogP contribution in [0.5, 0.6) is 5.75 Å². The first kappa shape index (κ1) is 20.4. The van der Waals surface area contributed by atoms with Crippen molar-refractivity contribution in [3.05, 3.63) is 42.2 Å². The van der Waals surface area contributed by atoms with Crippen molar-refractivity contribution in [2.45, 2.75) is 45.6 Å². The lowest BCUT2D eigenvalue weighted by Gasteiger charge is -2.32. The highest BCUT2D eigenvalue weighted by Gasteiger charge is 2.20. The third-order valence-electron chi connectivity index (χ3n) is 5.51. The molecule has 1 aromatic heterocycles. The summed E-state index contributed by atoms with van der Waals surface area (Å²) < 4.78 is 7.21. The summed E-state index contributed by atoms with van der Waals surface area (Å²) >= 11 is 0. The minimum Gasteiger partial charge on any atom is -0.497 e. The summed E-state index contributed by atoms with van der Waals surface area (Å²) in [7, 11) is 1.65. The van der Waals surface area contributed by atoms with Crippen LogP contribution >= 0.6 is 0 Å². The molecule has 1 aromatic carbocycles. The van der Waals surface area contributed by atoms with E-state index in [-0.39, 0.29) is 5.91 Å². The summed E-state index contributed by atoms with van der Waals surface area (Å²) in [4.78, 5) is 14.9. The number of ether oxygens (including phenoxy) is 1. The number of piperidine rings is 1. The topological polar surface area (TPSA) is 59.4 Å². The normalized spacial score (nSPS) is 17.4. The van der Waals surface area contributed by atoms with Gasteiger partial charge in [0.05, 0.1) is 7.11 Å². The lowest BCUT2D eigenvalue weighted by molar-refractivity contribution is -0.116. The van der Waals surface area contributed by atoms with E-state index in [1.54, 1.807) is 7.11 Å². The average Bonchev–Trinajstić information content (AvgIpc) is 3.22. The zero-order valence-corrected chi connectivity index (χ0v) is 17.1. The number of amides is 1. The quantitative estimate of drug-likeness (QED) is 0.716. The molecular formula is C22H32N4O2. The van der Waals surface area contributed by atoms with Gasteiger partial charge in [-0.3, -0.25) is 9.48 Å². The number of carbonyl (C=O) groups is 1. The van der Waals surface area contributed by atoms with Crippen LogP contribution in [0.2, 0.25) is 0 Å². The number of anilines is 1. The molecule has 1 aliphatic heterocycles. The van der Waals surface area contributed by atoms with Crippen LogP contribution < -0.4 is 10.1 Å². The second-order valence-electron chi connectivity index (χ2n) is 7.70. The van der Waals surface area contributed by atoms with Crippen LogP contribution in [0.25, 0.3) is 0 Å². The van der Waals surface area contributed by atoms with Gasteiger partial charge < -0.3 is 15.0 Å². The fourth-order valence-electron chi connectivity index (χ4n) is 3.93. The SMILES string of the molecule is COc1ccc(NC(=O)CC[C@@H]2CCCN(CCCn3cccn3)C2)c(C)c1. The Labute approximate surface area is 167 Å². The van der Waals surface area contributed by atoms with Crippen LogP contribution in [0.1, 0.15) is 37.7 Å². The van der Waals surface area contributed by atoms with Gasteiger partial charge in [-0.05, 0) is 81.4 Å². The molecule has 0 saturated carbocycles. The van der Waals surface area contributed by atoms with E-state index in [9.17, 15) is 4.79 Å². The van der Waals surface area contributed by atoms with Gasteiger partial charge in [-0.15, -0.1) is 0 Å². The largest absolute Gasteiger partial charge is 0.497 e. The second kappa shape index (κ2) is 10.3. The molecule has 1 atom stereocenters. The molecule has 0 unspecified atom stereocenters. The first-order valence-electron chi connectivity index (χ1n) is 10.3. The number of rotatable bonds is 9. The van der Waals surface area contributed by atoms with Gasteiger partial charge in [0.25, 0.3) is 0 Å². The van der Waals surface area contributed by atoms with E-state index in [1.807, 2.05) is 48.3 Å². The lowest BCUT2D eigenvalue weighted by Crippen LogP contribution is -2.36. The zero-order chi connectivity index (χ0) is 19.8. The fourth-order valence-corrected chi connectivity index (χ4v) is 3.93. The van der Waals surface area contributed by atoms with Gasteiger partial charge in [0.15, 0.2) is 0 Å². The third kappa shape index (κ3) is 6.09. The van der Waals surface area contributed by atoms with Crippen molar-refractivity contribution in [2.24, 2.45) is 5.92 Å². The van der Waals surface area contributed by atoms with Crippen LogP contribution in [0.15, 0.2) is 36.7 Å². The third-order valence-corrected chi connectivity index (χ3v) is 5.51.